The normalized spacial score (nSPS) is 10.0. The Morgan fingerprint density at radius 2 is 1.86 bits per heavy atom. The summed E-state index contributed by atoms with van der Waals surface area (Å²) < 4.78 is 10.4. The summed E-state index contributed by atoms with van der Waals surface area (Å²) in [5, 5.41) is 0. The van der Waals surface area contributed by atoms with E-state index in [-0.39, 0.29) is 5.91 Å². The van der Waals surface area contributed by atoms with Gasteiger partial charge in [0, 0.05) is 30.6 Å². The molecule has 0 heterocycles. The molecule has 0 fully saturated rings. The van der Waals surface area contributed by atoms with Gasteiger partial charge in [0.05, 0.1) is 19.8 Å². The van der Waals surface area contributed by atoms with E-state index in [0.717, 1.165) is 5.69 Å². The molecule has 21 heavy (non-hydrogen) atoms. The number of nitrogens with two attached hydrogens (primary N) is 1. The van der Waals surface area contributed by atoms with Crippen LogP contribution in [0.5, 0.6) is 11.5 Å². The molecule has 0 atom stereocenters. The Bertz CT molecular complexity index is 656. The summed E-state index contributed by atoms with van der Waals surface area (Å²) in [5.41, 5.74) is 7.45. The monoisotopic (exact) mass is 286 g/mol. The van der Waals surface area contributed by atoms with Crippen LogP contribution in [0.25, 0.3) is 0 Å². The van der Waals surface area contributed by atoms with Crippen LogP contribution in [0.4, 0.5) is 11.4 Å². The quantitative estimate of drug-likeness (QED) is 0.877. The van der Waals surface area contributed by atoms with E-state index in [1.165, 1.54) is 12.0 Å². The number of nitrogens with zero attached hydrogens (tertiary/aromatic N) is 1. The van der Waals surface area contributed by atoms with Gasteiger partial charge in [-0.25, -0.2) is 0 Å². The van der Waals surface area contributed by atoms with E-state index in [1.807, 2.05) is 18.2 Å². The van der Waals surface area contributed by atoms with Gasteiger partial charge in [-0.3, -0.25) is 4.79 Å². The maximum atomic E-state index is 12.6. The van der Waals surface area contributed by atoms with Crippen molar-refractivity contribution >= 4 is 17.3 Å². The van der Waals surface area contributed by atoms with E-state index in [0.29, 0.717) is 22.7 Å². The summed E-state index contributed by atoms with van der Waals surface area (Å²) >= 11 is 0. The van der Waals surface area contributed by atoms with E-state index in [2.05, 4.69) is 0 Å². The molecule has 0 aromatic heterocycles. The van der Waals surface area contributed by atoms with Gasteiger partial charge in [0.15, 0.2) is 0 Å². The van der Waals surface area contributed by atoms with Crippen LogP contribution in [-0.4, -0.2) is 27.2 Å². The highest BCUT2D eigenvalue weighted by atomic mass is 16.5. The van der Waals surface area contributed by atoms with Crippen LogP contribution in [-0.2, 0) is 0 Å². The number of nitrogen functional groups attached to an aromatic ring is 1. The second-order valence-electron chi connectivity index (χ2n) is 4.53. The fraction of sp³-hybridized carbons (Fsp3) is 0.188. The Morgan fingerprint density at radius 3 is 2.52 bits per heavy atom. The number of amides is 1. The van der Waals surface area contributed by atoms with Gasteiger partial charge in [-0.2, -0.15) is 0 Å². The fourth-order valence-corrected chi connectivity index (χ4v) is 2.00. The topological polar surface area (TPSA) is 64.8 Å². The maximum absolute atomic E-state index is 12.6. The lowest BCUT2D eigenvalue weighted by molar-refractivity contribution is 0.0990. The number of carbonyl (C=O) groups is 1. The number of methoxy groups -OCH3 is 2. The van der Waals surface area contributed by atoms with Crippen LogP contribution in [0.1, 0.15) is 10.4 Å². The molecule has 2 aromatic rings. The van der Waals surface area contributed by atoms with Crippen molar-refractivity contribution in [3.05, 3.63) is 48.0 Å². The van der Waals surface area contributed by atoms with Gasteiger partial charge in [0.25, 0.3) is 5.91 Å². The minimum Gasteiger partial charge on any atom is -0.497 e. The van der Waals surface area contributed by atoms with Crippen LogP contribution in [0.3, 0.4) is 0 Å². The first-order chi connectivity index (χ1) is 10.1. The van der Waals surface area contributed by atoms with Crippen LogP contribution in [0, 0.1) is 0 Å². The Labute approximate surface area is 123 Å². The zero-order valence-electron chi connectivity index (χ0n) is 12.3. The molecule has 0 saturated carbocycles. The second kappa shape index (κ2) is 6.17. The number of benzene rings is 2. The molecule has 5 heteroatoms. The zero-order valence-corrected chi connectivity index (χ0v) is 12.3. The lowest BCUT2D eigenvalue weighted by atomic mass is 10.1. The van der Waals surface area contributed by atoms with Crippen LogP contribution in [0.2, 0.25) is 0 Å². The van der Waals surface area contributed by atoms with E-state index >= 15 is 0 Å². The Morgan fingerprint density at radius 1 is 1.10 bits per heavy atom. The third kappa shape index (κ3) is 3.08. The summed E-state index contributed by atoms with van der Waals surface area (Å²) in [6.07, 6.45) is 0. The first-order valence-corrected chi connectivity index (χ1v) is 6.42. The largest absolute Gasteiger partial charge is 0.497 e. The minimum atomic E-state index is -0.180. The molecule has 2 N–H and O–H groups in total. The third-order valence-electron chi connectivity index (χ3n) is 3.20. The van der Waals surface area contributed by atoms with Crippen LogP contribution >= 0.6 is 0 Å². The summed E-state index contributed by atoms with van der Waals surface area (Å²) in [7, 11) is 4.80. The van der Waals surface area contributed by atoms with Gasteiger partial charge in [-0.05, 0) is 24.3 Å². The summed E-state index contributed by atoms with van der Waals surface area (Å²) in [5.74, 6) is 0.964. The lowest BCUT2D eigenvalue weighted by Crippen LogP contribution is -2.26. The number of rotatable bonds is 4. The van der Waals surface area contributed by atoms with Crippen molar-refractivity contribution in [1.82, 2.24) is 0 Å². The third-order valence-corrected chi connectivity index (χ3v) is 3.20. The lowest BCUT2D eigenvalue weighted by Gasteiger charge is -2.19. The molecule has 0 aliphatic carbocycles. The number of hydrogen-bond acceptors (Lipinski definition) is 4. The predicted octanol–water partition coefficient (Wildman–Crippen LogP) is 2.56. The highest BCUT2D eigenvalue weighted by Crippen LogP contribution is 2.26. The smallest absolute Gasteiger partial charge is 0.261 e. The molecule has 0 aliphatic heterocycles. The van der Waals surface area contributed by atoms with Gasteiger partial charge in [0.1, 0.15) is 11.5 Å². The SMILES string of the molecule is COc1cccc(N(C)C(=O)c2ccc(N)cc2OC)c1. The first kappa shape index (κ1) is 14.7. The van der Waals surface area contributed by atoms with Gasteiger partial charge in [0.2, 0.25) is 0 Å². The molecule has 0 radical (unpaired) electrons. The number of anilines is 2. The fourth-order valence-electron chi connectivity index (χ4n) is 2.00. The van der Waals surface area contributed by atoms with E-state index in [9.17, 15) is 4.79 Å². The van der Waals surface area contributed by atoms with Crippen molar-refractivity contribution in [3.63, 3.8) is 0 Å². The van der Waals surface area contributed by atoms with Gasteiger partial charge in [-0.15, -0.1) is 0 Å². The van der Waals surface area contributed by atoms with Crippen LogP contribution in [0.15, 0.2) is 42.5 Å². The molecule has 0 saturated heterocycles. The summed E-state index contributed by atoms with van der Waals surface area (Å²) in [6.45, 7) is 0. The minimum absolute atomic E-state index is 0.180. The van der Waals surface area contributed by atoms with Gasteiger partial charge >= 0.3 is 0 Å². The Kier molecular flexibility index (Phi) is 4.33. The first-order valence-electron chi connectivity index (χ1n) is 6.42. The molecule has 0 spiro atoms. The molecule has 2 rings (SSSR count). The van der Waals surface area contributed by atoms with E-state index < -0.39 is 0 Å². The second-order valence-corrected chi connectivity index (χ2v) is 4.53. The van der Waals surface area contributed by atoms with Gasteiger partial charge < -0.3 is 20.1 Å². The average molecular weight is 286 g/mol. The molecule has 0 unspecified atom stereocenters. The molecule has 1 amide bonds. The van der Waals surface area contributed by atoms with Crippen LogP contribution < -0.4 is 20.1 Å². The molecule has 5 nitrogen and oxygen atoms in total. The molecule has 0 aliphatic rings. The molecule has 0 bridgehead atoms. The summed E-state index contributed by atoms with van der Waals surface area (Å²) in [6, 6.07) is 12.3. The maximum Gasteiger partial charge on any atom is 0.261 e. The van der Waals surface area contributed by atoms with Crippen molar-refractivity contribution in [2.24, 2.45) is 0 Å². The molecule has 110 valence electrons. The van der Waals surface area contributed by atoms with E-state index in [4.69, 9.17) is 15.2 Å². The number of carbonyl (C=O) groups excluding carboxylic acids is 1. The van der Waals surface area contributed by atoms with Crippen molar-refractivity contribution in [2.45, 2.75) is 0 Å². The van der Waals surface area contributed by atoms with Crippen molar-refractivity contribution in [1.29, 1.82) is 0 Å². The molecular weight excluding hydrogens is 268 g/mol. The Balaban J connectivity index is 2.34. The highest BCUT2D eigenvalue weighted by molar-refractivity contribution is 6.07. The van der Waals surface area contributed by atoms with Crippen molar-refractivity contribution < 1.29 is 14.3 Å². The summed E-state index contributed by atoms with van der Waals surface area (Å²) in [4.78, 5) is 14.1. The number of hydrogen-bond donors (Lipinski definition) is 1. The van der Waals surface area contributed by atoms with E-state index in [1.54, 1.807) is 38.4 Å². The molecule has 2 aromatic carbocycles. The van der Waals surface area contributed by atoms with Gasteiger partial charge in [-0.1, -0.05) is 6.07 Å². The zero-order chi connectivity index (χ0) is 15.4. The molecular formula is C16H18N2O3. The van der Waals surface area contributed by atoms with Crippen molar-refractivity contribution in [2.75, 3.05) is 31.9 Å². The van der Waals surface area contributed by atoms with Crippen molar-refractivity contribution in [3.8, 4) is 11.5 Å². The standard InChI is InChI=1S/C16H18N2O3/c1-18(12-5-4-6-13(10-12)20-2)16(19)14-8-7-11(17)9-15(14)21-3/h4-10H,17H2,1-3H3. The Hall–Kier alpha value is -2.69. The average Bonchev–Trinajstić information content (AvgIpc) is 2.53. The number of ether oxygens (including phenoxy) is 2. The highest BCUT2D eigenvalue weighted by Gasteiger charge is 2.18. The predicted molar refractivity (Wildman–Crippen MR) is 83.1 cm³/mol.